The summed E-state index contributed by atoms with van der Waals surface area (Å²) in [5.74, 6) is 0.804. The molecule has 7 nitrogen and oxygen atoms in total. The van der Waals surface area contributed by atoms with Crippen molar-refractivity contribution < 1.29 is 14.3 Å². The van der Waals surface area contributed by atoms with Crippen molar-refractivity contribution in [1.29, 1.82) is 0 Å². The molecule has 1 aromatic carbocycles. The molecule has 1 amide bonds. The molecule has 0 radical (unpaired) electrons. The predicted molar refractivity (Wildman–Crippen MR) is 118 cm³/mol. The van der Waals surface area contributed by atoms with Gasteiger partial charge in [0, 0.05) is 54.1 Å². The van der Waals surface area contributed by atoms with Gasteiger partial charge in [-0.2, -0.15) is 0 Å². The lowest BCUT2D eigenvalue weighted by Gasteiger charge is -2.21. The molecule has 7 heteroatoms. The molecule has 1 aliphatic heterocycles. The van der Waals surface area contributed by atoms with E-state index in [0.29, 0.717) is 40.5 Å². The molecular formula is C24H27N3O4. The van der Waals surface area contributed by atoms with Crippen LogP contribution in [-0.2, 0) is 11.3 Å². The number of fused-ring (bicyclic) bond motifs is 1. The van der Waals surface area contributed by atoms with Crippen molar-refractivity contribution in [1.82, 2.24) is 15.3 Å². The minimum absolute atomic E-state index is 0.0152. The van der Waals surface area contributed by atoms with Crippen molar-refractivity contribution >= 4 is 16.8 Å². The second-order valence-corrected chi connectivity index (χ2v) is 7.88. The van der Waals surface area contributed by atoms with Gasteiger partial charge in [-0.15, -0.1) is 0 Å². The Balaban J connectivity index is 1.37. The van der Waals surface area contributed by atoms with Crippen LogP contribution in [0.5, 0.6) is 5.88 Å². The maximum absolute atomic E-state index is 12.6. The van der Waals surface area contributed by atoms with Gasteiger partial charge >= 0.3 is 0 Å². The van der Waals surface area contributed by atoms with Crippen molar-refractivity contribution in [2.75, 3.05) is 19.8 Å². The number of hydrogen-bond donors (Lipinski definition) is 2. The topological polar surface area (TPSA) is 93.3 Å². The lowest BCUT2D eigenvalue weighted by atomic mass is 9.97. The van der Waals surface area contributed by atoms with E-state index >= 15 is 0 Å². The van der Waals surface area contributed by atoms with E-state index in [1.165, 1.54) is 0 Å². The van der Waals surface area contributed by atoms with E-state index in [1.807, 2.05) is 18.2 Å². The quantitative estimate of drug-likeness (QED) is 0.610. The highest BCUT2D eigenvalue weighted by atomic mass is 16.5. The third-order valence-electron chi connectivity index (χ3n) is 5.79. The number of H-pyrrole nitrogens is 1. The van der Waals surface area contributed by atoms with Crippen LogP contribution in [0.25, 0.3) is 10.9 Å². The number of aromatic amines is 1. The Morgan fingerprint density at radius 3 is 2.90 bits per heavy atom. The Bertz CT molecular complexity index is 1120. The molecule has 31 heavy (non-hydrogen) atoms. The molecule has 0 aliphatic carbocycles. The molecule has 1 saturated heterocycles. The number of nitrogens with zero attached hydrogens (tertiary/aromatic N) is 1. The zero-order valence-corrected chi connectivity index (χ0v) is 17.6. The maximum atomic E-state index is 12.6. The zero-order valence-electron chi connectivity index (χ0n) is 17.6. The molecule has 1 aliphatic rings. The van der Waals surface area contributed by atoms with E-state index < -0.39 is 0 Å². The van der Waals surface area contributed by atoms with Crippen molar-refractivity contribution in [2.45, 2.75) is 32.8 Å². The zero-order chi connectivity index (χ0) is 21.6. The van der Waals surface area contributed by atoms with Crippen LogP contribution < -0.4 is 15.5 Å². The third kappa shape index (κ3) is 5.11. The average molecular weight is 421 g/mol. The van der Waals surface area contributed by atoms with E-state index in [9.17, 15) is 9.59 Å². The summed E-state index contributed by atoms with van der Waals surface area (Å²) in [4.78, 5) is 32.5. The molecule has 0 atom stereocenters. The number of para-hydroxylation sites is 1. The smallest absolute Gasteiger partial charge is 0.251 e. The first kappa shape index (κ1) is 21.1. The highest BCUT2D eigenvalue weighted by Gasteiger charge is 2.15. The monoisotopic (exact) mass is 421 g/mol. The van der Waals surface area contributed by atoms with Crippen LogP contribution in [-0.4, -0.2) is 35.6 Å². The lowest BCUT2D eigenvalue weighted by molar-refractivity contribution is 0.0636. The Morgan fingerprint density at radius 2 is 2.06 bits per heavy atom. The molecule has 0 saturated carbocycles. The molecular weight excluding hydrogens is 394 g/mol. The van der Waals surface area contributed by atoms with Gasteiger partial charge in [0.25, 0.3) is 5.91 Å². The van der Waals surface area contributed by atoms with Gasteiger partial charge in [-0.3, -0.25) is 9.59 Å². The number of pyridine rings is 2. The van der Waals surface area contributed by atoms with Crippen LogP contribution in [0.1, 0.15) is 40.9 Å². The fourth-order valence-corrected chi connectivity index (χ4v) is 3.83. The number of hydrogen-bond acceptors (Lipinski definition) is 5. The highest BCUT2D eigenvalue weighted by Crippen LogP contribution is 2.18. The van der Waals surface area contributed by atoms with Gasteiger partial charge in [0.05, 0.1) is 5.69 Å². The third-order valence-corrected chi connectivity index (χ3v) is 5.79. The molecule has 0 spiro atoms. The summed E-state index contributed by atoms with van der Waals surface area (Å²) in [5.41, 5.74) is 2.55. The Labute approximate surface area is 180 Å². The maximum Gasteiger partial charge on any atom is 0.251 e. The molecule has 2 aromatic heterocycles. The van der Waals surface area contributed by atoms with Crippen LogP contribution in [0.15, 0.2) is 47.4 Å². The summed E-state index contributed by atoms with van der Waals surface area (Å²) < 4.78 is 11.2. The van der Waals surface area contributed by atoms with Crippen LogP contribution in [0, 0.1) is 12.8 Å². The molecule has 2 N–H and O–H groups in total. The van der Waals surface area contributed by atoms with E-state index in [4.69, 9.17) is 9.47 Å². The molecule has 0 unspecified atom stereocenters. The van der Waals surface area contributed by atoms with Crippen molar-refractivity contribution in [3.63, 3.8) is 0 Å². The van der Waals surface area contributed by atoms with E-state index in [2.05, 4.69) is 15.3 Å². The van der Waals surface area contributed by atoms with Gasteiger partial charge in [-0.05, 0) is 50.3 Å². The van der Waals surface area contributed by atoms with Gasteiger partial charge in [0.15, 0.2) is 5.43 Å². The van der Waals surface area contributed by atoms with E-state index in [-0.39, 0.29) is 17.9 Å². The normalized spacial score (nSPS) is 14.5. The summed E-state index contributed by atoms with van der Waals surface area (Å²) in [6, 6.07) is 10.7. The van der Waals surface area contributed by atoms with Crippen molar-refractivity contribution in [3.05, 3.63) is 69.6 Å². The standard InChI is InChI=1S/C24H27N3O4/c1-16-21(27-20-5-3-2-4-19(20)23(16)28)15-31-22-14-18(7-11-25-22)24(29)26-10-6-17-8-12-30-13-9-17/h2-5,7,11,14,17H,6,8-10,12-13,15H2,1H3,(H,26,29)(H,27,28). The number of amides is 1. The number of benzene rings is 1. The van der Waals surface area contributed by atoms with Gasteiger partial charge in [0.2, 0.25) is 5.88 Å². The lowest BCUT2D eigenvalue weighted by Crippen LogP contribution is -2.27. The van der Waals surface area contributed by atoms with E-state index in [1.54, 1.807) is 31.3 Å². The first-order valence-corrected chi connectivity index (χ1v) is 10.7. The average Bonchev–Trinajstić information content (AvgIpc) is 2.81. The van der Waals surface area contributed by atoms with Crippen LogP contribution in [0.3, 0.4) is 0 Å². The van der Waals surface area contributed by atoms with Gasteiger partial charge < -0.3 is 19.8 Å². The number of carbonyl (C=O) groups is 1. The SMILES string of the molecule is Cc1c(COc2cc(C(=O)NCCC3CCOCC3)ccn2)[nH]c2ccccc2c1=O. The Morgan fingerprint density at radius 1 is 1.26 bits per heavy atom. The molecule has 3 heterocycles. The Hall–Kier alpha value is -3.19. The summed E-state index contributed by atoms with van der Waals surface area (Å²) >= 11 is 0. The van der Waals surface area contributed by atoms with Crippen LogP contribution in [0.2, 0.25) is 0 Å². The number of carbonyl (C=O) groups excluding carboxylic acids is 1. The molecule has 4 rings (SSSR count). The summed E-state index contributed by atoms with van der Waals surface area (Å²) in [5, 5.41) is 3.63. The predicted octanol–water partition coefficient (Wildman–Crippen LogP) is 3.36. The first-order chi connectivity index (χ1) is 15.1. The summed E-state index contributed by atoms with van der Waals surface area (Å²) in [7, 11) is 0. The summed E-state index contributed by atoms with van der Waals surface area (Å²) in [6.45, 7) is 4.20. The largest absolute Gasteiger partial charge is 0.471 e. The van der Waals surface area contributed by atoms with Gasteiger partial charge in [0.1, 0.15) is 6.61 Å². The Kier molecular flexibility index (Phi) is 6.62. The van der Waals surface area contributed by atoms with Gasteiger partial charge in [-0.25, -0.2) is 4.98 Å². The fraction of sp³-hybridized carbons (Fsp3) is 0.375. The fourth-order valence-electron chi connectivity index (χ4n) is 3.83. The second-order valence-electron chi connectivity index (χ2n) is 7.88. The van der Waals surface area contributed by atoms with Crippen molar-refractivity contribution in [3.8, 4) is 5.88 Å². The number of ether oxygens (including phenoxy) is 2. The van der Waals surface area contributed by atoms with Crippen LogP contribution >= 0.6 is 0 Å². The van der Waals surface area contributed by atoms with Crippen molar-refractivity contribution in [2.24, 2.45) is 5.92 Å². The number of nitrogens with one attached hydrogen (secondary N) is 2. The summed E-state index contributed by atoms with van der Waals surface area (Å²) in [6.07, 6.45) is 4.62. The minimum Gasteiger partial charge on any atom is -0.471 e. The van der Waals surface area contributed by atoms with Crippen LogP contribution in [0.4, 0.5) is 0 Å². The number of aromatic nitrogens is 2. The molecule has 3 aromatic rings. The molecule has 162 valence electrons. The minimum atomic E-state index is -0.144. The molecule has 1 fully saturated rings. The highest BCUT2D eigenvalue weighted by molar-refractivity contribution is 5.94. The first-order valence-electron chi connectivity index (χ1n) is 10.7. The molecule has 0 bridgehead atoms. The second kappa shape index (κ2) is 9.75. The van der Waals surface area contributed by atoms with E-state index in [0.717, 1.165) is 38.0 Å². The van der Waals surface area contributed by atoms with Gasteiger partial charge in [-0.1, -0.05) is 12.1 Å². The number of rotatable bonds is 7.